The molecule has 2 saturated heterocycles. The van der Waals surface area contributed by atoms with E-state index < -0.39 is 5.97 Å². The minimum atomic E-state index is -0.993. The third-order valence-corrected chi connectivity index (χ3v) is 7.51. The van der Waals surface area contributed by atoms with Gasteiger partial charge in [0.1, 0.15) is 6.54 Å². The fourth-order valence-corrected chi connectivity index (χ4v) is 5.25. The van der Waals surface area contributed by atoms with Crippen molar-refractivity contribution >= 4 is 46.9 Å². The van der Waals surface area contributed by atoms with Crippen LogP contribution in [0.1, 0.15) is 61.5 Å². The highest BCUT2D eigenvalue weighted by Gasteiger charge is 2.32. The number of carbonyl (C=O) groups excluding carboxylic acids is 2. The van der Waals surface area contributed by atoms with Crippen LogP contribution in [-0.4, -0.2) is 110 Å². The number of benzene rings is 2. The number of nitrogens with two attached hydrogens (primary N) is 1. The molecule has 0 aliphatic carbocycles. The largest absolute Gasteiger partial charge is 0.480 e. The third kappa shape index (κ3) is 13.2. The molecule has 240 valence electrons. The smallest absolute Gasteiger partial charge is 0.323 e. The predicted molar refractivity (Wildman–Crippen MR) is 174 cm³/mol. The van der Waals surface area contributed by atoms with Crippen LogP contribution in [0.25, 0.3) is 0 Å². The molecule has 4 atom stereocenters. The van der Waals surface area contributed by atoms with E-state index in [0.29, 0.717) is 0 Å². The zero-order chi connectivity index (χ0) is 31.6. The normalized spacial score (nSPS) is 18.6. The van der Waals surface area contributed by atoms with Crippen LogP contribution in [0, 0.1) is 5.41 Å². The van der Waals surface area contributed by atoms with Gasteiger partial charge in [-0.15, -0.1) is 0 Å². The molecule has 2 aromatic rings. The molecule has 4 unspecified atom stereocenters. The summed E-state index contributed by atoms with van der Waals surface area (Å²) in [4.78, 5) is 34.9. The Morgan fingerprint density at radius 2 is 1.23 bits per heavy atom. The number of rotatable bonds is 8. The van der Waals surface area contributed by atoms with E-state index in [1.165, 1.54) is 47.0 Å². The topological polar surface area (TPSA) is 167 Å². The highest BCUT2D eigenvalue weighted by atomic mass is 24.3. The number of piperidine rings is 2. The lowest BCUT2D eigenvalue weighted by Gasteiger charge is -2.29. The first kappa shape index (κ1) is 38.8. The Morgan fingerprint density at radius 3 is 1.48 bits per heavy atom. The summed E-state index contributed by atoms with van der Waals surface area (Å²) < 4.78 is 9.88. The van der Waals surface area contributed by atoms with E-state index in [2.05, 4.69) is 10.6 Å². The first-order chi connectivity index (χ1) is 20.7. The van der Waals surface area contributed by atoms with Gasteiger partial charge in [-0.1, -0.05) is 73.5 Å². The summed E-state index contributed by atoms with van der Waals surface area (Å²) in [5.74, 6) is -1.88. The number of aliphatic carboxylic acids is 1. The van der Waals surface area contributed by atoms with Crippen LogP contribution in [0.2, 0.25) is 0 Å². The monoisotopic (exact) mass is 623 g/mol. The SMILES string of the molecule is CN(CC(=O)O)C(=N)N.COC(=O)C(c1ccccc1)C1CCCCN1.COC(=O)C(c1ccccc1)C1CCCCN1.[MgH2]. The quantitative estimate of drug-likeness (QED) is 0.127. The van der Waals surface area contributed by atoms with Crippen molar-refractivity contribution in [3.63, 3.8) is 0 Å². The van der Waals surface area contributed by atoms with Gasteiger partial charge in [0.25, 0.3) is 0 Å². The summed E-state index contributed by atoms with van der Waals surface area (Å²) in [6, 6.07) is 20.2. The standard InChI is InChI=1S/2C14H19NO2.C4H9N3O2.Mg.2H/c2*1-17-14(16)13(11-7-3-2-4-8-11)12-9-5-6-10-15-12;1-7(4(5)6)2-3(8)9;;;/h2*2-4,7-8,12-13,15H,5-6,9-10H2,1H3;2H2,1H3,(H3,5,6)(H,8,9);;;. The minimum absolute atomic E-state index is 0. The number of hydrogen-bond donors (Lipinski definition) is 5. The number of carboxylic acids is 1. The highest BCUT2D eigenvalue weighted by Crippen LogP contribution is 2.27. The van der Waals surface area contributed by atoms with E-state index in [9.17, 15) is 14.4 Å². The van der Waals surface area contributed by atoms with E-state index in [1.54, 1.807) is 0 Å². The Morgan fingerprint density at radius 1 is 0.841 bits per heavy atom. The lowest BCUT2D eigenvalue weighted by Crippen LogP contribution is -2.42. The van der Waals surface area contributed by atoms with Crippen LogP contribution in [0.4, 0.5) is 0 Å². The first-order valence-corrected chi connectivity index (χ1v) is 14.7. The Labute approximate surface area is 276 Å². The van der Waals surface area contributed by atoms with Crippen molar-refractivity contribution in [2.75, 3.05) is 40.9 Å². The molecule has 4 rings (SSSR count). The number of carboxylic acid groups (broad SMARTS) is 1. The van der Waals surface area contributed by atoms with Crippen LogP contribution in [-0.2, 0) is 23.9 Å². The molecule has 6 N–H and O–H groups in total. The van der Waals surface area contributed by atoms with Gasteiger partial charge in [0.05, 0.1) is 26.1 Å². The summed E-state index contributed by atoms with van der Waals surface area (Å²) in [6.07, 6.45) is 6.82. The molecule has 0 bridgehead atoms. The molecule has 0 aromatic heterocycles. The van der Waals surface area contributed by atoms with Gasteiger partial charge in [-0.2, -0.15) is 0 Å². The van der Waals surface area contributed by atoms with Crippen molar-refractivity contribution in [3.05, 3.63) is 71.8 Å². The minimum Gasteiger partial charge on any atom is -0.480 e. The van der Waals surface area contributed by atoms with Gasteiger partial charge in [-0.25, -0.2) is 0 Å². The van der Waals surface area contributed by atoms with Crippen molar-refractivity contribution in [3.8, 4) is 0 Å². The predicted octanol–water partition coefficient (Wildman–Crippen LogP) is 2.15. The van der Waals surface area contributed by atoms with Crippen LogP contribution in [0.15, 0.2) is 60.7 Å². The fraction of sp³-hybridized carbons (Fsp3) is 0.500. The Hall–Kier alpha value is -3.19. The van der Waals surface area contributed by atoms with Crippen LogP contribution < -0.4 is 16.4 Å². The zero-order valence-electron chi connectivity index (χ0n) is 25.5. The number of nitrogens with one attached hydrogen (secondary N) is 3. The molecule has 2 fully saturated rings. The first-order valence-electron chi connectivity index (χ1n) is 14.7. The second kappa shape index (κ2) is 21.5. The van der Waals surface area contributed by atoms with Gasteiger partial charge in [0.2, 0.25) is 0 Å². The molecule has 2 aliphatic rings. The van der Waals surface area contributed by atoms with Crippen LogP contribution in [0.5, 0.6) is 0 Å². The molecular formula is C32H49MgN5O6. The maximum atomic E-state index is 11.9. The second-order valence-corrected chi connectivity index (χ2v) is 10.6. The molecule has 0 amide bonds. The van der Waals surface area contributed by atoms with Crippen molar-refractivity contribution in [1.29, 1.82) is 5.41 Å². The van der Waals surface area contributed by atoms with Crippen molar-refractivity contribution in [2.24, 2.45) is 5.73 Å². The van der Waals surface area contributed by atoms with Gasteiger partial charge in [-0.3, -0.25) is 19.8 Å². The third-order valence-electron chi connectivity index (χ3n) is 7.51. The summed E-state index contributed by atoms with van der Waals surface area (Å²) in [5, 5.41) is 21.7. The number of guanidine groups is 1. The van der Waals surface area contributed by atoms with Gasteiger partial charge in [-0.05, 0) is 49.9 Å². The van der Waals surface area contributed by atoms with Crippen molar-refractivity contribution in [2.45, 2.75) is 62.4 Å². The Bertz CT molecular complexity index is 1050. The zero-order valence-corrected chi connectivity index (χ0v) is 25.5. The summed E-state index contributed by atoms with van der Waals surface area (Å²) in [7, 11) is 4.36. The molecule has 12 heteroatoms. The molecular weight excluding hydrogens is 575 g/mol. The molecule has 0 spiro atoms. The van der Waals surface area contributed by atoms with E-state index in [1.807, 2.05) is 60.7 Å². The van der Waals surface area contributed by atoms with Gasteiger partial charge in [0, 0.05) is 19.1 Å². The maximum Gasteiger partial charge on any atom is 0.323 e. The van der Waals surface area contributed by atoms with E-state index >= 15 is 0 Å². The molecule has 2 heterocycles. The van der Waals surface area contributed by atoms with Crippen molar-refractivity contribution in [1.82, 2.24) is 15.5 Å². The lowest BCUT2D eigenvalue weighted by atomic mass is 9.86. The van der Waals surface area contributed by atoms with E-state index in [0.717, 1.165) is 42.0 Å². The average Bonchev–Trinajstić information content (AvgIpc) is 3.03. The molecule has 0 saturated carbocycles. The van der Waals surface area contributed by atoms with Crippen LogP contribution >= 0.6 is 0 Å². The number of methoxy groups -OCH3 is 2. The highest BCUT2D eigenvalue weighted by molar-refractivity contribution is 5.80. The molecule has 11 nitrogen and oxygen atoms in total. The molecule has 44 heavy (non-hydrogen) atoms. The number of hydrogen-bond acceptors (Lipinski definition) is 8. The number of esters is 2. The van der Waals surface area contributed by atoms with Gasteiger partial charge >= 0.3 is 41.0 Å². The van der Waals surface area contributed by atoms with E-state index in [4.69, 9.17) is 25.7 Å². The molecule has 0 radical (unpaired) electrons. The lowest BCUT2D eigenvalue weighted by molar-refractivity contribution is -0.144. The number of carbonyl (C=O) groups is 3. The van der Waals surface area contributed by atoms with Gasteiger partial charge in [0.15, 0.2) is 5.96 Å². The molecule has 2 aromatic carbocycles. The average molecular weight is 624 g/mol. The molecule has 2 aliphatic heterocycles. The maximum absolute atomic E-state index is 11.9. The van der Waals surface area contributed by atoms with Crippen LogP contribution in [0.3, 0.4) is 0 Å². The summed E-state index contributed by atoms with van der Waals surface area (Å²) in [5.41, 5.74) is 7.01. The number of ether oxygens (including phenoxy) is 2. The number of nitrogens with zero attached hydrogens (tertiary/aromatic N) is 1. The number of likely N-dealkylation sites (N-methyl/N-ethyl adjacent to an activating group) is 1. The Balaban J connectivity index is 0.000000344. The van der Waals surface area contributed by atoms with E-state index in [-0.39, 0.29) is 71.4 Å². The fourth-order valence-electron chi connectivity index (χ4n) is 5.25. The van der Waals surface area contributed by atoms with Gasteiger partial charge < -0.3 is 35.8 Å². The summed E-state index contributed by atoms with van der Waals surface area (Å²) in [6.45, 7) is 1.76. The Kier molecular flexibility index (Phi) is 19.0. The van der Waals surface area contributed by atoms with Crippen molar-refractivity contribution < 1.29 is 29.0 Å². The summed E-state index contributed by atoms with van der Waals surface area (Å²) >= 11 is 0. The second-order valence-electron chi connectivity index (χ2n) is 10.6.